The maximum atomic E-state index is 12.5. The van der Waals surface area contributed by atoms with E-state index >= 15 is 0 Å². The Balaban J connectivity index is 1.69. The number of benzene rings is 1. The molecular weight excluding hydrogens is 336 g/mol. The Morgan fingerprint density at radius 2 is 2.11 bits per heavy atom. The Kier molecular flexibility index (Phi) is 4.56. The molecule has 5 heteroatoms. The van der Waals surface area contributed by atoms with E-state index < -0.39 is 0 Å². The topological polar surface area (TPSA) is 77.9 Å². The van der Waals surface area contributed by atoms with Crippen LogP contribution in [-0.2, 0) is 6.54 Å². The number of allylic oxidation sites excluding steroid dienone is 1. The molecule has 0 aliphatic carbocycles. The van der Waals surface area contributed by atoms with Gasteiger partial charge in [0, 0.05) is 41.9 Å². The predicted molar refractivity (Wildman–Crippen MR) is 112 cm³/mol. The summed E-state index contributed by atoms with van der Waals surface area (Å²) in [5.74, 6) is 0. The number of nitrogens with two attached hydrogens (primary N) is 1. The van der Waals surface area contributed by atoms with Gasteiger partial charge in [0.25, 0.3) is 5.56 Å². The van der Waals surface area contributed by atoms with Crippen molar-refractivity contribution in [1.82, 2.24) is 14.9 Å². The molecule has 3 aromatic rings. The number of pyridine rings is 1. The van der Waals surface area contributed by atoms with Crippen molar-refractivity contribution in [3.8, 4) is 11.3 Å². The van der Waals surface area contributed by atoms with Gasteiger partial charge < -0.3 is 15.7 Å². The van der Waals surface area contributed by atoms with Gasteiger partial charge in [-0.2, -0.15) is 0 Å². The van der Waals surface area contributed by atoms with Crippen LogP contribution in [0.2, 0.25) is 0 Å². The minimum Gasteiger partial charge on any atom is -0.354 e. The number of likely N-dealkylation sites (tertiary alicyclic amines) is 1. The first-order valence-corrected chi connectivity index (χ1v) is 9.18. The molecule has 1 unspecified atom stereocenters. The third-order valence-corrected chi connectivity index (χ3v) is 5.13. The molecule has 2 aromatic heterocycles. The second-order valence-electron chi connectivity index (χ2n) is 7.24. The predicted octanol–water partition coefficient (Wildman–Crippen LogP) is 1.43. The van der Waals surface area contributed by atoms with Gasteiger partial charge in [0.05, 0.1) is 11.3 Å². The van der Waals surface area contributed by atoms with Crippen LogP contribution in [0.25, 0.3) is 34.8 Å². The summed E-state index contributed by atoms with van der Waals surface area (Å²) in [5, 5.41) is 2.54. The summed E-state index contributed by atoms with van der Waals surface area (Å²) >= 11 is 0. The van der Waals surface area contributed by atoms with Crippen molar-refractivity contribution < 1.29 is 0 Å². The van der Waals surface area contributed by atoms with Gasteiger partial charge in [0.1, 0.15) is 0 Å². The fraction of sp³-hybridized carbons (Fsp3) is 0.227. The summed E-state index contributed by atoms with van der Waals surface area (Å²) in [6.45, 7) is 10.6. The average Bonchev–Trinajstić information content (AvgIpc) is 3.23. The van der Waals surface area contributed by atoms with Crippen molar-refractivity contribution in [3.63, 3.8) is 0 Å². The first kappa shape index (κ1) is 17.5. The molecule has 1 aromatic carbocycles. The highest BCUT2D eigenvalue weighted by Gasteiger charge is 2.19. The number of H-pyrrole nitrogens is 2. The van der Waals surface area contributed by atoms with E-state index in [4.69, 9.17) is 5.73 Å². The number of rotatable bonds is 4. The van der Waals surface area contributed by atoms with Crippen molar-refractivity contribution in [2.45, 2.75) is 19.0 Å². The van der Waals surface area contributed by atoms with Gasteiger partial charge in [-0.3, -0.25) is 9.69 Å². The molecule has 3 heterocycles. The van der Waals surface area contributed by atoms with Gasteiger partial charge in [-0.05, 0) is 47.5 Å². The lowest BCUT2D eigenvalue weighted by atomic mass is 10.1. The van der Waals surface area contributed by atoms with Crippen LogP contribution >= 0.6 is 0 Å². The van der Waals surface area contributed by atoms with E-state index in [0.717, 1.165) is 47.9 Å². The summed E-state index contributed by atoms with van der Waals surface area (Å²) in [4.78, 5) is 21.1. The monoisotopic (exact) mass is 360 g/mol. The lowest BCUT2D eigenvalue weighted by Gasteiger charge is -2.15. The van der Waals surface area contributed by atoms with E-state index in [1.165, 1.54) is 5.56 Å². The van der Waals surface area contributed by atoms with Crippen molar-refractivity contribution >= 4 is 23.6 Å². The van der Waals surface area contributed by atoms with E-state index in [1.54, 1.807) is 12.2 Å². The molecule has 0 saturated carbocycles. The number of nitrogens with zero attached hydrogens (tertiary/aromatic N) is 1. The molecule has 0 bridgehead atoms. The SMILES string of the molecule is C=C/C=c1/[nH]c(=O)c(-c2cc3cc(CN4CCC(N)C4)ccc3[nH]2)cc1=C. The minimum atomic E-state index is -0.145. The summed E-state index contributed by atoms with van der Waals surface area (Å²) in [6.07, 6.45) is 4.44. The Bertz CT molecular complexity index is 1170. The normalized spacial score (nSPS) is 18.4. The van der Waals surface area contributed by atoms with E-state index in [2.05, 4.69) is 46.2 Å². The standard InChI is InChI=1S/C22H24N4O/c1-3-4-19-14(2)9-18(22(27)25-19)21-11-16-10-15(5-6-20(16)24-21)12-26-8-7-17(23)13-26/h3-6,9-11,17,24H,1-2,7-8,12-13,23H2,(H,25,27)/b19-4+. The highest BCUT2D eigenvalue weighted by Crippen LogP contribution is 2.23. The average molecular weight is 360 g/mol. The summed E-state index contributed by atoms with van der Waals surface area (Å²) < 4.78 is 0. The quantitative estimate of drug-likeness (QED) is 0.659. The molecule has 27 heavy (non-hydrogen) atoms. The van der Waals surface area contributed by atoms with Gasteiger partial charge in [-0.25, -0.2) is 0 Å². The van der Waals surface area contributed by atoms with Gasteiger partial charge in [-0.15, -0.1) is 0 Å². The number of fused-ring (bicyclic) bond motifs is 1. The van der Waals surface area contributed by atoms with E-state index in [0.29, 0.717) is 10.9 Å². The fourth-order valence-corrected chi connectivity index (χ4v) is 3.74. The van der Waals surface area contributed by atoms with Crippen LogP contribution < -0.4 is 21.9 Å². The van der Waals surface area contributed by atoms with Crippen LogP contribution in [-0.4, -0.2) is 34.0 Å². The van der Waals surface area contributed by atoms with Crippen molar-refractivity contribution in [3.05, 3.63) is 69.5 Å². The molecule has 1 fully saturated rings. The summed E-state index contributed by atoms with van der Waals surface area (Å²) in [5.41, 5.74) is 9.50. The number of aromatic nitrogens is 2. The number of hydrogen-bond donors (Lipinski definition) is 3. The second kappa shape index (κ2) is 7.02. The van der Waals surface area contributed by atoms with Crippen molar-refractivity contribution in [2.75, 3.05) is 13.1 Å². The molecule has 1 saturated heterocycles. The van der Waals surface area contributed by atoms with Crippen LogP contribution in [0.5, 0.6) is 0 Å². The van der Waals surface area contributed by atoms with E-state index in [-0.39, 0.29) is 11.6 Å². The smallest absolute Gasteiger partial charge is 0.257 e. The Morgan fingerprint density at radius 3 is 2.85 bits per heavy atom. The van der Waals surface area contributed by atoms with Crippen molar-refractivity contribution in [1.29, 1.82) is 0 Å². The first-order chi connectivity index (χ1) is 13.0. The van der Waals surface area contributed by atoms with E-state index in [9.17, 15) is 4.79 Å². The van der Waals surface area contributed by atoms with Gasteiger partial charge in [-0.1, -0.05) is 25.3 Å². The third kappa shape index (κ3) is 3.52. The number of hydrogen-bond acceptors (Lipinski definition) is 3. The molecule has 1 atom stereocenters. The fourth-order valence-electron chi connectivity index (χ4n) is 3.74. The highest BCUT2D eigenvalue weighted by molar-refractivity contribution is 5.86. The maximum absolute atomic E-state index is 12.5. The molecule has 138 valence electrons. The molecule has 0 radical (unpaired) electrons. The van der Waals surface area contributed by atoms with Crippen LogP contribution in [0, 0.1) is 0 Å². The second-order valence-corrected chi connectivity index (χ2v) is 7.24. The zero-order valence-electron chi connectivity index (χ0n) is 15.3. The number of nitrogens with one attached hydrogen (secondary N) is 2. The Hall–Kier alpha value is -2.89. The lowest BCUT2D eigenvalue weighted by molar-refractivity contribution is 0.327. The number of aromatic amines is 2. The summed E-state index contributed by atoms with van der Waals surface area (Å²) in [6, 6.07) is 10.5. The van der Waals surface area contributed by atoms with Gasteiger partial charge in [0.15, 0.2) is 0 Å². The molecule has 5 nitrogen and oxygen atoms in total. The molecule has 0 spiro atoms. The molecular formula is C22H24N4O. The Morgan fingerprint density at radius 1 is 1.26 bits per heavy atom. The zero-order chi connectivity index (χ0) is 19.0. The van der Waals surface area contributed by atoms with Crippen LogP contribution in [0.15, 0.2) is 47.8 Å². The van der Waals surface area contributed by atoms with Crippen molar-refractivity contribution in [2.24, 2.45) is 5.73 Å². The molecule has 0 amide bonds. The highest BCUT2D eigenvalue weighted by atomic mass is 16.1. The Labute approximate surface area is 157 Å². The largest absolute Gasteiger partial charge is 0.354 e. The van der Waals surface area contributed by atoms with Gasteiger partial charge >= 0.3 is 0 Å². The minimum absolute atomic E-state index is 0.145. The summed E-state index contributed by atoms with van der Waals surface area (Å²) in [7, 11) is 0. The zero-order valence-corrected chi connectivity index (χ0v) is 15.3. The third-order valence-electron chi connectivity index (χ3n) is 5.13. The molecule has 1 aliphatic rings. The first-order valence-electron chi connectivity index (χ1n) is 9.18. The molecule has 4 rings (SSSR count). The molecule has 1 aliphatic heterocycles. The van der Waals surface area contributed by atoms with Crippen LogP contribution in [0.3, 0.4) is 0 Å². The van der Waals surface area contributed by atoms with Crippen LogP contribution in [0.4, 0.5) is 0 Å². The van der Waals surface area contributed by atoms with E-state index in [1.807, 2.05) is 12.1 Å². The lowest BCUT2D eigenvalue weighted by Crippen LogP contribution is -2.33. The van der Waals surface area contributed by atoms with Crippen LogP contribution in [0.1, 0.15) is 12.0 Å². The maximum Gasteiger partial charge on any atom is 0.257 e. The molecule has 4 N–H and O–H groups in total. The van der Waals surface area contributed by atoms with Gasteiger partial charge in [0.2, 0.25) is 0 Å².